The zero-order chi connectivity index (χ0) is 11.1. The Morgan fingerprint density at radius 2 is 2.40 bits per heavy atom. The lowest BCUT2D eigenvalue weighted by molar-refractivity contribution is 0.469. The summed E-state index contributed by atoms with van der Waals surface area (Å²) in [6, 6.07) is 1.93. The molecule has 0 fully saturated rings. The first-order valence-corrected chi connectivity index (χ1v) is 5.48. The fraction of sp³-hybridized carbons (Fsp3) is 0.636. The number of aromatic nitrogens is 2. The summed E-state index contributed by atoms with van der Waals surface area (Å²) in [5, 5.41) is 3.39. The van der Waals surface area contributed by atoms with Crippen LogP contribution >= 0.6 is 0 Å². The van der Waals surface area contributed by atoms with E-state index >= 15 is 0 Å². The van der Waals surface area contributed by atoms with Gasteiger partial charge in [0, 0.05) is 24.8 Å². The second-order valence-corrected chi connectivity index (χ2v) is 3.76. The van der Waals surface area contributed by atoms with Crippen LogP contribution in [0, 0.1) is 0 Å². The molecule has 0 amide bonds. The van der Waals surface area contributed by atoms with Crippen LogP contribution in [0.1, 0.15) is 26.7 Å². The number of nitrogens with one attached hydrogen (secondary N) is 1. The van der Waals surface area contributed by atoms with Crippen LogP contribution < -0.4 is 10.9 Å². The van der Waals surface area contributed by atoms with E-state index in [1.807, 2.05) is 0 Å². The highest BCUT2D eigenvalue weighted by molar-refractivity contribution is 4.82. The van der Waals surface area contributed by atoms with E-state index in [9.17, 15) is 4.79 Å². The Morgan fingerprint density at radius 3 is 3.07 bits per heavy atom. The molecule has 0 saturated heterocycles. The van der Waals surface area contributed by atoms with Crippen molar-refractivity contribution in [3.8, 4) is 0 Å². The van der Waals surface area contributed by atoms with Crippen LogP contribution in [0.15, 0.2) is 23.4 Å². The molecule has 1 N–H and O–H groups in total. The molecule has 1 atom stereocenters. The van der Waals surface area contributed by atoms with Crippen LogP contribution in [0.2, 0.25) is 0 Å². The molecule has 84 valence electrons. The quantitative estimate of drug-likeness (QED) is 0.761. The highest BCUT2D eigenvalue weighted by Crippen LogP contribution is 1.93. The Labute approximate surface area is 90.3 Å². The molecule has 1 unspecified atom stereocenters. The van der Waals surface area contributed by atoms with Crippen LogP contribution in [0.3, 0.4) is 0 Å². The fourth-order valence-corrected chi connectivity index (χ4v) is 1.37. The van der Waals surface area contributed by atoms with Crippen molar-refractivity contribution < 1.29 is 0 Å². The Kier molecular flexibility index (Phi) is 5.04. The van der Waals surface area contributed by atoms with Gasteiger partial charge in [-0.05, 0) is 26.3 Å². The average Bonchev–Trinajstić information content (AvgIpc) is 2.25. The number of aryl methyl sites for hydroxylation is 1. The molecule has 1 heterocycles. The molecule has 0 aliphatic rings. The van der Waals surface area contributed by atoms with E-state index in [0.717, 1.165) is 25.9 Å². The summed E-state index contributed by atoms with van der Waals surface area (Å²) in [5.41, 5.74) is 0.0210. The fourth-order valence-electron chi connectivity index (χ4n) is 1.37. The van der Waals surface area contributed by atoms with Gasteiger partial charge >= 0.3 is 0 Å². The molecule has 1 rings (SSSR count). The van der Waals surface area contributed by atoms with E-state index in [4.69, 9.17) is 0 Å². The minimum absolute atomic E-state index is 0.0210. The van der Waals surface area contributed by atoms with E-state index in [2.05, 4.69) is 24.1 Å². The first-order chi connectivity index (χ1) is 7.24. The van der Waals surface area contributed by atoms with Crippen LogP contribution in [0.5, 0.6) is 0 Å². The maximum atomic E-state index is 11.3. The molecule has 1 aromatic rings. The maximum absolute atomic E-state index is 11.3. The molecule has 4 heteroatoms. The molecular weight excluding hydrogens is 190 g/mol. The molecule has 0 radical (unpaired) electrons. The van der Waals surface area contributed by atoms with Gasteiger partial charge in [0.2, 0.25) is 0 Å². The lowest BCUT2D eigenvalue weighted by Crippen LogP contribution is -2.29. The number of nitrogens with zero attached hydrogens (tertiary/aromatic N) is 2. The summed E-state index contributed by atoms with van der Waals surface area (Å²) < 4.78 is 1.64. The molecule has 0 bridgehead atoms. The van der Waals surface area contributed by atoms with E-state index in [1.165, 1.54) is 12.3 Å². The van der Waals surface area contributed by atoms with Gasteiger partial charge < -0.3 is 5.32 Å². The zero-order valence-electron chi connectivity index (χ0n) is 9.44. The molecule has 0 aromatic carbocycles. The minimum Gasteiger partial charge on any atom is -0.314 e. The third-order valence-corrected chi connectivity index (χ3v) is 2.34. The summed E-state index contributed by atoms with van der Waals surface area (Å²) in [7, 11) is 0. The van der Waals surface area contributed by atoms with Crippen LogP contribution in [0.25, 0.3) is 0 Å². The number of hydrogen-bond donors (Lipinski definition) is 1. The van der Waals surface area contributed by atoms with Gasteiger partial charge in [0.1, 0.15) is 0 Å². The first-order valence-electron chi connectivity index (χ1n) is 5.48. The molecule has 4 nitrogen and oxygen atoms in total. The Hall–Kier alpha value is -1.16. The van der Waals surface area contributed by atoms with Crippen molar-refractivity contribution >= 4 is 0 Å². The largest absolute Gasteiger partial charge is 0.314 e. The Bertz CT molecular complexity index is 335. The summed E-state index contributed by atoms with van der Waals surface area (Å²) in [4.78, 5) is 15.3. The highest BCUT2D eigenvalue weighted by atomic mass is 16.1. The van der Waals surface area contributed by atoms with Crippen molar-refractivity contribution in [2.75, 3.05) is 6.54 Å². The summed E-state index contributed by atoms with van der Waals surface area (Å²) >= 11 is 0. The molecule has 15 heavy (non-hydrogen) atoms. The summed E-state index contributed by atoms with van der Waals surface area (Å²) in [6.07, 6.45) is 5.20. The average molecular weight is 209 g/mol. The molecule has 0 spiro atoms. The third kappa shape index (κ3) is 4.25. The van der Waals surface area contributed by atoms with Crippen molar-refractivity contribution in [3.05, 3.63) is 28.9 Å². The number of hydrogen-bond acceptors (Lipinski definition) is 3. The summed E-state index contributed by atoms with van der Waals surface area (Å²) in [6.45, 7) is 6.04. The predicted octanol–water partition coefficient (Wildman–Crippen LogP) is 1.02. The van der Waals surface area contributed by atoms with Gasteiger partial charge in [-0.2, -0.15) is 0 Å². The van der Waals surface area contributed by atoms with Crippen LogP contribution in [-0.2, 0) is 6.54 Å². The molecular formula is C11H19N3O. The zero-order valence-corrected chi connectivity index (χ0v) is 9.44. The van der Waals surface area contributed by atoms with E-state index in [0.29, 0.717) is 6.04 Å². The molecule has 1 aromatic heterocycles. The lowest BCUT2D eigenvalue weighted by atomic mass is 10.2. The SMILES string of the molecule is CCCNC(C)CCn1cnccc1=O. The monoisotopic (exact) mass is 209 g/mol. The Balaban J connectivity index is 2.37. The first kappa shape index (κ1) is 11.9. The van der Waals surface area contributed by atoms with Crippen molar-refractivity contribution in [3.63, 3.8) is 0 Å². The topological polar surface area (TPSA) is 46.9 Å². The molecule has 0 aliphatic carbocycles. The predicted molar refractivity (Wildman–Crippen MR) is 60.9 cm³/mol. The Morgan fingerprint density at radius 1 is 1.60 bits per heavy atom. The van der Waals surface area contributed by atoms with E-state index in [1.54, 1.807) is 10.9 Å². The van der Waals surface area contributed by atoms with Gasteiger partial charge in [0.15, 0.2) is 0 Å². The smallest absolute Gasteiger partial charge is 0.253 e. The van der Waals surface area contributed by atoms with Gasteiger partial charge in [-0.1, -0.05) is 6.92 Å². The lowest BCUT2D eigenvalue weighted by Gasteiger charge is -2.13. The molecule has 0 saturated carbocycles. The maximum Gasteiger partial charge on any atom is 0.253 e. The van der Waals surface area contributed by atoms with Gasteiger partial charge in [-0.3, -0.25) is 9.36 Å². The standard InChI is InChI=1S/C11H19N3O/c1-3-6-13-10(2)5-8-14-9-12-7-4-11(14)15/h4,7,9-10,13H,3,5-6,8H2,1-2H3. The third-order valence-electron chi connectivity index (χ3n) is 2.34. The van der Waals surface area contributed by atoms with Crippen LogP contribution in [0.4, 0.5) is 0 Å². The van der Waals surface area contributed by atoms with Crippen molar-refractivity contribution in [2.24, 2.45) is 0 Å². The van der Waals surface area contributed by atoms with Gasteiger partial charge in [-0.25, -0.2) is 4.98 Å². The number of rotatable bonds is 6. The second-order valence-electron chi connectivity index (χ2n) is 3.76. The van der Waals surface area contributed by atoms with Crippen molar-refractivity contribution in [1.29, 1.82) is 0 Å². The van der Waals surface area contributed by atoms with E-state index < -0.39 is 0 Å². The van der Waals surface area contributed by atoms with Gasteiger partial charge in [0.05, 0.1) is 6.33 Å². The van der Waals surface area contributed by atoms with Gasteiger partial charge in [-0.15, -0.1) is 0 Å². The second kappa shape index (κ2) is 6.35. The van der Waals surface area contributed by atoms with E-state index in [-0.39, 0.29) is 5.56 Å². The summed E-state index contributed by atoms with van der Waals surface area (Å²) in [5.74, 6) is 0. The van der Waals surface area contributed by atoms with Crippen molar-refractivity contribution in [1.82, 2.24) is 14.9 Å². The van der Waals surface area contributed by atoms with Gasteiger partial charge in [0.25, 0.3) is 5.56 Å². The normalized spacial score (nSPS) is 12.7. The minimum atomic E-state index is 0.0210. The van der Waals surface area contributed by atoms with Crippen molar-refractivity contribution in [2.45, 2.75) is 39.3 Å². The highest BCUT2D eigenvalue weighted by Gasteiger charge is 2.01. The van der Waals surface area contributed by atoms with Crippen LogP contribution in [-0.4, -0.2) is 22.1 Å². The molecule has 0 aliphatic heterocycles.